The fourth-order valence-corrected chi connectivity index (χ4v) is 0.735. The third-order valence-corrected chi connectivity index (χ3v) is 1.71. The first-order chi connectivity index (χ1) is 5.88. The maximum atomic E-state index is 11.1. The third kappa shape index (κ3) is 6.19. The minimum atomic E-state index is -1.89. The van der Waals surface area contributed by atoms with Crippen LogP contribution >= 0.6 is 34.8 Å². The first-order valence-electron chi connectivity index (χ1n) is 3.80. The molecule has 0 saturated heterocycles. The largest absolute Gasteiger partial charge is 0.498 e. The standard InChI is InChI=1S/C8H11Cl3O2/c1-3-4-13-6(2)5-7(12)8(9,10)11/h5H,3-4H2,1-2H3/b6-5+. The molecule has 0 rings (SSSR count). The number of rotatable bonds is 4. The Balaban J connectivity index is 4.15. The van der Waals surface area contributed by atoms with E-state index in [-0.39, 0.29) is 0 Å². The van der Waals surface area contributed by atoms with Crippen molar-refractivity contribution in [3.8, 4) is 0 Å². The fraction of sp³-hybridized carbons (Fsp3) is 0.625. The predicted molar refractivity (Wildman–Crippen MR) is 55.3 cm³/mol. The molecule has 2 nitrogen and oxygen atoms in total. The zero-order valence-electron chi connectivity index (χ0n) is 7.44. The number of hydrogen-bond donors (Lipinski definition) is 0. The maximum absolute atomic E-state index is 11.1. The highest BCUT2D eigenvalue weighted by atomic mass is 35.6. The zero-order valence-corrected chi connectivity index (χ0v) is 9.71. The number of carbonyl (C=O) groups excluding carboxylic acids is 1. The summed E-state index contributed by atoms with van der Waals surface area (Å²) in [5.41, 5.74) is 0. The normalized spacial score (nSPS) is 12.8. The van der Waals surface area contributed by atoms with E-state index in [1.54, 1.807) is 6.92 Å². The summed E-state index contributed by atoms with van der Waals surface area (Å²) in [6.45, 7) is 4.16. The summed E-state index contributed by atoms with van der Waals surface area (Å²) < 4.78 is 3.23. The van der Waals surface area contributed by atoms with Crippen LogP contribution in [-0.4, -0.2) is 16.2 Å². The van der Waals surface area contributed by atoms with Gasteiger partial charge in [0, 0.05) is 6.08 Å². The second-order valence-electron chi connectivity index (χ2n) is 2.47. The summed E-state index contributed by atoms with van der Waals surface area (Å²) in [4.78, 5) is 11.1. The van der Waals surface area contributed by atoms with E-state index in [9.17, 15) is 4.79 Å². The molecule has 0 bridgehead atoms. The van der Waals surface area contributed by atoms with Gasteiger partial charge in [0.05, 0.1) is 12.4 Å². The van der Waals surface area contributed by atoms with E-state index in [4.69, 9.17) is 39.5 Å². The molecule has 0 aliphatic rings. The summed E-state index contributed by atoms with van der Waals surface area (Å²) in [7, 11) is 0. The van der Waals surface area contributed by atoms with Crippen LogP contribution in [0.3, 0.4) is 0 Å². The topological polar surface area (TPSA) is 26.3 Å². The molecule has 0 radical (unpaired) electrons. The lowest BCUT2D eigenvalue weighted by Gasteiger charge is -2.07. The minimum absolute atomic E-state index is 0.457. The Morgan fingerprint density at radius 2 is 2.00 bits per heavy atom. The molecule has 0 fully saturated rings. The molecular formula is C8H11Cl3O2. The zero-order chi connectivity index (χ0) is 10.5. The van der Waals surface area contributed by atoms with E-state index >= 15 is 0 Å². The first-order valence-corrected chi connectivity index (χ1v) is 4.93. The van der Waals surface area contributed by atoms with Gasteiger partial charge in [0.1, 0.15) is 0 Å². The summed E-state index contributed by atoms with van der Waals surface area (Å²) in [6, 6.07) is 0. The van der Waals surface area contributed by atoms with Gasteiger partial charge in [-0.1, -0.05) is 41.7 Å². The van der Waals surface area contributed by atoms with Crippen molar-refractivity contribution in [2.75, 3.05) is 6.61 Å². The van der Waals surface area contributed by atoms with Gasteiger partial charge in [-0.25, -0.2) is 0 Å². The number of ether oxygens (including phenoxy) is 1. The molecule has 76 valence electrons. The van der Waals surface area contributed by atoms with Crippen LogP contribution in [0.4, 0.5) is 0 Å². The Bertz CT molecular complexity index is 206. The van der Waals surface area contributed by atoms with E-state index in [1.165, 1.54) is 6.08 Å². The van der Waals surface area contributed by atoms with Crippen molar-refractivity contribution in [2.45, 2.75) is 24.1 Å². The second kappa shape index (κ2) is 5.74. The molecule has 0 spiro atoms. The molecule has 0 saturated carbocycles. The molecule has 0 amide bonds. The molecule has 0 aliphatic heterocycles. The van der Waals surface area contributed by atoms with E-state index in [2.05, 4.69) is 0 Å². The molecule has 13 heavy (non-hydrogen) atoms. The summed E-state index contributed by atoms with van der Waals surface area (Å²) in [5.74, 6) is -0.135. The second-order valence-corrected chi connectivity index (χ2v) is 4.75. The van der Waals surface area contributed by atoms with Crippen molar-refractivity contribution in [3.63, 3.8) is 0 Å². The molecule has 0 atom stereocenters. The van der Waals surface area contributed by atoms with Gasteiger partial charge in [0.2, 0.25) is 5.78 Å². The fourth-order valence-electron chi connectivity index (χ4n) is 0.571. The van der Waals surface area contributed by atoms with Gasteiger partial charge in [0.25, 0.3) is 3.79 Å². The van der Waals surface area contributed by atoms with E-state index in [0.29, 0.717) is 12.4 Å². The van der Waals surface area contributed by atoms with Gasteiger partial charge >= 0.3 is 0 Å². The Morgan fingerprint density at radius 1 is 1.46 bits per heavy atom. The van der Waals surface area contributed by atoms with Gasteiger partial charge in [-0.2, -0.15) is 0 Å². The highest BCUT2D eigenvalue weighted by molar-refractivity contribution is 6.77. The highest BCUT2D eigenvalue weighted by Crippen LogP contribution is 2.27. The van der Waals surface area contributed by atoms with Gasteiger partial charge in [0.15, 0.2) is 0 Å². The molecule has 0 heterocycles. The predicted octanol–water partition coefficient (Wildman–Crippen LogP) is 3.26. The number of carbonyl (C=O) groups is 1. The molecule has 0 aromatic carbocycles. The number of hydrogen-bond acceptors (Lipinski definition) is 2. The highest BCUT2D eigenvalue weighted by Gasteiger charge is 2.28. The van der Waals surface area contributed by atoms with Crippen LogP contribution in [-0.2, 0) is 9.53 Å². The van der Waals surface area contributed by atoms with Crippen LogP contribution in [0.15, 0.2) is 11.8 Å². The summed E-state index contributed by atoms with van der Waals surface area (Å²) in [6.07, 6.45) is 2.05. The lowest BCUT2D eigenvalue weighted by molar-refractivity contribution is -0.114. The quantitative estimate of drug-likeness (QED) is 0.432. The molecule has 0 N–H and O–H groups in total. The number of allylic oxidation sites excluding steroid dienone is 2. The van der Waals surface area contributed by atoms with E-state index < -0.39 is 9.58 Å². The van der Waals surface area contributed by atoms with Crippen molar-refractivity contribution in [3.05, 3.63) is 11.8 Å². The Labute approximate surface area is 92.8 Å². The van der Waals surface area contributed by atoms with Gasteiger partial charge < -0.3 is 4.74 Å². The number of ketones is 1. The van der Waals surface area contributed by atoms with Crippen LogP contribution in [0.25, 0.3) is 0 Å². The first kappa shape index (κ1) is 13.1. The van der Waals surface area contributed by atoms with Crippen LogP contribution < -0.4 is 0 Å². The average molecular weight is 246 g/mol. The lowest BCUT2D eigenvalue weighted by Crippen LogP contribution is -2.16. The average Bonchev–Trinajstić information content (AvgIpc) is 1.99. The van der Waals surface area contributed by atoms with E-state index in [0.717, 1.165) is 6.42 Å². The SMILES string of the molecule is CCCO/C(C)=C/C(=O)C(Cl)(Cl)Cl. The minimum Gasteiger partial charge on any atom is -0.498 e. The number of halogens is 3. The Hall–Kier alpha value is 0.0800. The summed E-state index contributed by atoms with van der Waals surface area (Å²) >= 11 is 16.0. The smallest absolute Gasteiger partial charge is 0.252 e. The van der Waals surface area contributed by atoms with Crippen molar-refractivity contribution < 1.29 is 9.53 Å². The monoisotopic (exact) mass is 244 g/mol. The van der Waals surface area contributed by atoms with Crippen molar-refractivity contribution >= 4 is 40.6 Å². The molecule has 0 aromatic rings. The molecule has 0 aliphatic carbocycles. The number of alkyl halides is 3. The van der Waals surface area contributed by atoms with Gasteiger partial charge in [-0.15, -0.1) is 0 Å². The van der Waals surface area contributed by atoms with Crippen LogP contribution in [0, 0.1) is 0 Å². The van der Waals surface area contributed by atoms with Crippen LogP contribution in [0.1, 0.15) is 20.3 Å². The third-order valence-electron chi connectivity index (χ3n) is 1.15. The van der Waals surface area contributed by atoms with Crippen LogP contribution in [0.5, 0.6) is 0 Å². The Kier molecular flexibility index (Phi) is 5.77. The molecule has 5 heteroatoms. The Morgan fingerprint density at radius 3 is 2.38 bits per heavy atom. The summed E-state index contributed by atoms with van der Waals surface area (Å²) in [5, 5.41) is 0. The molecular weight excluding hydrogens is 234 g/mol. The maximum Gasteiger partial charge on any atom is 0.252 e. The van der Waals surface area contributed by atoms with E-state index in [1.807, 2.05) is 6.92 Å². The van der Waals surface area contributed by atoms with Crippen molar-refractivity contribution in [1.82, 2.24) is 0 Å². The molecule has 0 aromatic heterocycles. The molecule has 0 unspecified atom stereocenters. The van der Waals surface area contributed by atoms with Crippen molar-refractivity contribution in [1.29, 1.82) is 0 Å². The van der Waals surface area contributed by atoms with Gasteiger partial charge in [-0.05, 0) is 13.3 Å². The van der Waals surface area contributed by atoms with Crippen molar-refractivity contribution in [2.24, 2.45) is 0 Å². The lowest BCUT2D eigenvalue weighted by atomic mass is 10.3. The van der Waals surface area contributed by atoms with Crippen LogP contribution in [0.2, 0.25) is 0 Å². The van der Waals surface area contributed by atoms with Gasteiger partial charge in [-0.3, -0.25) is 4.79 Å².